The summed E-state index contributed by atoms with van der Waals surface area (Å²) in [4.78, 5) is 16.6. The number of carbonyl (C=O) groups is 1. The number of hydrogen-bond acceptors (Lipinski definition) is 3. The van der Waals surface area contributed by atoms with Crippen LogP contribution in [0.1, 0.15) is 25.7 Å². The fraction of sp³-hybridized carbons (Fsp3) is 0.917. The maximum atomic E-state index is 12.1. The molecule has 3 heteroatoms. The molecular weight excluding hydrogens is 188 g/mol. The molecule has 15 heavy (non-hydrogen) atoms. The van der Waals surface area contributed by atoms with Crippen LogP contribution in [-0.4, -0.2) is 55.4 Å². The highest BCUT2D eigenvalue weighted by Crippen LogP contribution is 2.30. The molecule has 0 aromatic rings. The van der Waals surface area contributed by atoms with E-state index in [1.54, 1.807) is 0 Å². The molecule has 1 saturated heterocycles. The van der Waals surface area contributed by atoms with E-state index in [0.717, 1.165) is 26.1 Å². The first kappa shape index (κ1) is 11.1. The fourth-order valence-electron chi connectivity index (χ4n) is 2.48. The zero-order valence-corrected chi connectivity index (χ0v) is 9.91. The number of carbonyl (C=O) groups excluding carboxylic acids is 1. The van der Waals surface area contributed by atoms with Crippen LogP contribution in [-0.2, 0) is 4.79 Å². The number of ketones is 1. The van der Waals surface area contributed by atoms with Gasteiger partial charge in [-0.2, -0.15) is 0 Å². The van der Waals surface area contributed by atoms with Gasteiger partial charge in [0.2, 0.25) is 0 Å². The van der Waals surface area contributed by atoms with Gasteiger partial charge in [-0.25, -0.2) is 0 Å². The highest BCUT2D eigenvalue weighted by atomic mass is 16.1. The number of nitrogens with zero attached hydrogens (tertiary/aromatic N) is 2. The van der Waals surface area contributed by atoms with Crippen LogP contribution in [0.25, 0.3) is 0 Å². The third-order valence-corrected chi connectivity index (χ3v) is 3.94. The van der Waals surface area contributed by atoms with Crippen molar-refractivity contribution < 1.29 is 4.79 Å². The van der Waals surface area contributed by atoms with Crippen LogP contribution < -0.4 is 0 Å². The quantitative estimate of drug-likeness (QED) is 0.694. The Hall–Kier alpha value is -0.410. The smallest absolute Gasteiger partial charge is 0.151 e. The Morgan fingerprint density at radius 2 is 2.00 bits per heavy atom. The molecular formula is C12H22N2O. The van der Waals surface area contributed by atoms with Crippen LogP contribution in [0.3, 0.4) is 0 Å². The van der Waals surface area contributed by atoms with Crippen molar-refractivity contribution in [2.45, 2.75) is 31.7 Å². The Labute approximate surface area is 92.4 Å². The van der Waals surface area contributed by atoms with Crippen molar-refractivity contribution in [3.63, 3.8) is 0 Å². The van der Waals surface area contributed by atoms with Crippen LogP contribution in [0.15, 0.2) is 0 Å². The highest BCUT2D eigenvalue weighted by molar-refractivity contribution is 5.84. The van der Waals surface area contributed by atoms with E-state index in [1.807, 2.05) is 0 Å². The molecule has 2 aliphatic rings. The molecule has 0 radical (unpaired) electrons. The van der Waals surface area contributed by atoms with E-state index in [9.17, 15) is 4.79 Å². The molecule has 0 amide bonds. The lowest BCUT2D eigenvalue weighted by atomic mass is 9.80. The van der Waals surface area contributed by atoms with E-state index < -0.39 is 0 Å². The Morgan fingerprint density at radius 3 is 2.60 bits per heavy atom. The Morgan fingerprint density at radius 1 is 1.27 bits per heavy atom. The summed E-state index contributed by atoms with van der Waals surface area (Å²) in [5, 5.41) is 0. The summed E-state index contributed by atoms with van der Waals surface area (Å²) in [5.74, 6) is 1.17. The lowest BCUT2D eigenvalue weighted by Crippen LogP contribution is -2.53. The lowest BCUT2D eigenvalue weighted by Gasteiger charge is -2.38. The third kappa shape index (κ3) is 2.58. The molecule has 0 spiro atoms. The van der Waals surface area contributed by atoms with Gasteiger partial charge in [-0.3, -0.25) is 9.69 Å². The predicted octanol–water partition coefficient (Wildman–Crippen LogP) is 0.991. The zero-order chi connectivity index (χ0) is 10.8. The SMILES string of the molecule is CN1CCN(C)C(C(=O)CC2CCC2)C1. The lowest BCUT2D eigenvalue weighted by molar-refractivity contribution is -0.127. The zero-order valence-electron chi connectivity index (χ0n) is 9.91. The van der Waals surface area contributed by atoms with Gasteiger partial charge in [-0.1, -0.05) is 19.3 Å². The normalized spacial score (nSPS) is 30.1. The van der Waals surface area contributed by atoms with Crippen LogP contribution in [0.5, 0.6) is 0 Å². The van der Waals surface area contributed by atoms with Crippen molar-refractivity contribution in [2.75, 3.05) is 33.7 Å². The fourth-order valence-corrected chi connectivity index (χ4v) is 2.48. The topological polar surface area (TPSA) is 23.6 Å². The molecule has 2 fully saturated rings. The van der Waals surface area contributed by atoms with Gasteiger partial charge in [0.15, 0.2) is 5.78 Å². The van der Waals surface area contributed by atoms with Crippen molar-refractivity contribution >= 4 is 5.78 Å². The number of likely N-dealkylation sites (N-methyl/N-ethyl adjacent to an activating group) is 2. The molecule has 0 N–H and O–H groups in total. The molecule has 0 aromatic carbocycles. The molecule has 1 saturated carbocycles. The molecule has 86 valence electrons. The van der Waals surface area contributed by atoms with Crippen molar-refractivity contribution in [1.82, 2.24) is 9.80 Å². The van der Waals surface area contributed by atoms with E-state index >= 15 is 0 Å². The number of Topliss-reactive ketones (excluding diaryl/α,β-unsaturated/α-hetero) is 1. The molecule has 2 rings (SSSR count). The van der Waals surface area contributed by atoms with Gasteiger partial charge in [-0.05, 0) is 20.0 Å². The molecule has 3 nitrogen and oxygen atoms in total. The maximum Gasteiger partial charge on any atom is 0.151 e. The van der Waals surface area contributed by atoms with E-state index in [1.165, 1.54) is 19.3 Å². The van der Waals surface area contributed by atoms with Gasteiger partial charge in [0.1, 0.15) is 0 Å². The second-order valence-electron chi connectivity index (χ2n) is 5.23. The van der Waals surface area contributed by atoms with Gasteiger partial charge in [-0.15, -0.1) is 0 Å². The minimum atomic E-state index is 0.157. The van der Waals surface area contributed by atoms with Crippen LogP contribution >= 0.6 is 0 Å². The van der Waals surface area contributed by atoms with E-state index in [4.69, 9.17) is 0 Å². The summed E-state index contributed by atoms with van der Waals surface area (Å²) in [6.07, 6.45) is 4.71. The van der Waals surface area contributed by atoms with Gasteiger partial charge >= 0.3 is 0 Å². The molecule has 0 bridgehead atoms. The highest BCUT2D eigenvalue weighted by Gasteiger charge is 2.31. The summed E-state index contributed by atoms with van der Waals surface area (Å²) >= 11 is 0. The van der Waals surface area contributed by atoms with Crippen molar-refractivity contribution in [2.24, 2.45) is 5.92 Å². The van der Waals surface area contributed by atoms with E-state index in [0.29, 0.717) is 11.7 Å². The Kier molecular flexibility index (Phi) is 3.42. The van der Waals surface area contributed by atoms with Crippen molar-refractivity contribution in [1.29, 1.82) is 0 Å². The predicted molar refractivity (Wildman–Crippen MR) is 60.9 cm³/mol. The van der Waals surface area contributed by atoms with E-state index in [-0.39, 0.29) is 6.04 Å². The molecule has 1 unspecified atom stereocenters. The van der Waals surface area contributed by atoms with E-state index in [2.05, 4.69) is 23.9 Å². The van der Waals surface area contributed by atoms with Gasteiger partial charge in [0.05, 0.1) is 6.04 Å². The van der Waals surface area contributed by atoms with Gasteiger partial charge < -0.3 is 4.90 Å². The molecule has 0 aromatic heterocycles. The summed E-state index contributed by atoms with van der Waals surface area (Å²) < 4.78 is 0. The third-order valence-electron chi connectivity index (χ3n) is 3.94. The summed E-state index contributed by atoms with van der Waals surface area (Å²) in [6.45, 7) is 3.03. The monoisotopic (exact) mass is 210 g/mol. The number of piperazine rings is 1. The standard InChI is InChI=1S/C12H22N2O/c1-13-6-7-14(2)11(9-13)12(15)8-10-4-3-5-10/h10-11H,3-9H2,1-2H3. The molecule has 1 aliphatic heterocycles. The van der Waals surface area contributed by atoms with Gasteiger partial charge in [0.25, 0.3) is 0 Å². The molecule has 1 heterocycles. The van der Waals surface area contributed by atoms with Crippen molar-refractivity contribution in [3.8, 4) is 0 Å². The average Bonchev–Trinajstić information content (AvgIpc) is 2.15. The first-order valence-electron chi connectivity index (χ1n) is 6.08. The second-order valence-corrected chi connectivity index (χ2v) is 5.23. The van der Waals surface area contributed by atoms with Crippen LogP contribution in [0.4, 0.5) is 0 Å². The number of rotatable bonds is 3. The van der Waals surface area contributed by atoms with Crippen molar-refractivity contribution in [3.05, 3.63) is 0 Å². The van der Waals surface area contributed by atoms with Crippen LogP contribution in [0.2, 0.25) is 0 Å². The maximum absolute atomic E-state index is 12.1. The minimum absolute atomic E-state index is 0.157. The first-order chi connectivity index (χ1) is 7.16. The summed E-state index contributed by atoms with van der Waals surface area (Å²) in [5.41, 5.74) is 0. The first-order valence-corrected chi connectivity index (χ1v) is 6.08. The summed E-state index contributed by atoms with van der Waals surface area (Å²) in [6, 6.07) is 0.157. The van der Waals surface area contributed by atoms with Crippen LogP contribution in [0, 0.1) is 5.92 Å². The number of hydrogen-bond donors (Lipinski definition) is 0. The summed E-state index contributed by atoms with van der Waals surface area (Å²) in [7, 11) is 4.19. The second kappa shape index (κ2) is 4.62. The Bertz CT molecular complexity index is 238. The minimum Gasteiger partial charge on any atom is -0.303 e. The molecule has 1 aliphatic carbocycles. The van der Waals surface area contributed by atoms with Gasteiger partial charge in [0, 0.05) is 26.1 Å². The largest absolute Gasteiger partial charge is 0.303 e. The Balaban J connectivity index is 1.86. The molecule has 1 atom stereocenters. The average molecular weight is 210 g/mol.